The maximum Gasteiger partial charge on any atom is 0.225 e. The van der Waals surface area contributed by atoms with Crippen LogP contribution in [0.5, 0.6) is 17.2 Å². The highest BCUT2D eigenvalue weighted by Crippen LogP contribution is 2.39. The van der Waals surface area contributed by atoms with E-state index in [0.29, 0.717) is 35.9 Å². The summed E-state index contributed by atoms with van der Waals surface area (Å²) in [6, 6.07) is 13.5. The molecular formula is C19H24N2O4. The first-order chi connectivity index (χ1) is 12.2. The second kappa shape index (κ2) is 9.54. The standard InChI is InChI=1S/C19H24N2O4/c1-23-16-11-15(12-17(24-2)19(16)25-3)21-18(22)9-10-20-13-14-7-5-4-6-8-14/h4-8,11-12,20H,9-10,13H2,1-3H3,(H,21,22). The minimum Gasteiger partial charge on any atom is -0.493 e. The van der Waals surface area contributed by atoms with Crippen LogP contribution in [0.15, 0.2) is 42.5 Å². The monoisotopic (exact) mass is 344 g/mol. The fraction of sp³-hybridized carbons (Fsp3) is 0.316. The summed E-state index contributed by atoms with van der Waals surface area (Å²) in [5.41, 5.74) is 1.79. The number of ether oxygens (including phenoxy) is 3. The van der Waals surface area contributed by atoms with Gasteiger partial charge in [0.05, 0.1) is 21.3 Å². The molecule has 2 aromatic carbocycles. The molecule has 2 N–H and O–H groups in total. The Morgan fingerprint density at radius 2 is 1.60 bits per heavy atom. The Morgan fingerprint density at radius 1 is 0.960 bits per heavy atom. The van der Waals surface area contributed by atoms with Gasteiger partial charge in [0.1, 0.15) is 0 Å². The Balaban J connectivity index is 1.87. The van der Waals surface area contributed by atoms with Crippen LogP contribution in [0.3, 0.4) is 0 Å². The van der Waals surface area contributed by atoms with Crippen molar-refractivity contribution < 1.29 is 19.0 Å². The van der Waals surface area contributed by atoms with Crippen LogP contribution in [-0.4, -0.2) is 33.8 Å². The van der Waals surface area contributed by atoms with E-state index < -0.39 is 0 Å². The van der Waals surface area contributed by atoms with E-state index in [0.717, 1.165) is 6.54 Å². The van der Waals surface area contributed by atoms with Crippen LogP contribution < -0.4 is 24.8 Å². The minimum absolute atomic E-state index is 0.0881. The van der Waals surface area contributed by atoms with Gasteiger partial charge < -0.3 is 24.8 Å². The third kappa shape index (κ3) is 5.39. The van der Waals surface area contributed by atoms with E-state index in [1.54, 1.807) is 12.1 Å². The SMILES string of the molecule is COc1cc(NC(=O)CCNCc2ccccc2)cc(OC)c1OC. The Labute approximate surface area is 148 Å². The van der Waals surface area contributed by atoms with Gasteiger partial charge in [0.15, 0.2) is 11.5 Å². The van der Waals surface area contributed by atoms with Crippen molar-refractivity contribution in [3.05, 3.63) is 48.0 Å². The van der Waals surface area contributed by atoms with Gasteiger partial charge in [-0.25, -0.2) is 0 Å². The molecule has 0 unspecified atom stereocenters. The number of rotatable bonds is 9. The number of methoxy groups -OCH3 is 3. The Morgan fingerprint density at radius 3 is 2.16 bits per heavy atom. The number of carbonyl (C=O) groups is 1. The molecule has 0 aromatic heterocycles. The fourth-order valence-electron chi connectivity index (χ4n) is 2.41. The lowest BCUT2D eigenvalue weighted by atomic mass is 10.2. The molecule has 0 aliphatic rings. The number of amides is 1. The van der Waals surface area contributed by atoms with Crippen molar-refractivity contribution in [1.29, 1.82) is 0 Å². The molecule has 0 radical (unpaired) electrons. The predicted octanol–water partition coefficient (Wildman–Crippen LogP) is 2.83. The van der Waals surface area contributed by atoms with Crippen molar-refractivity contribution in [1.82, 2.24) is 5.32 Å². The summed E-state index contributed by atoms with van der Waals surface area (Å²) in [4.78, 5) is 12.1. The van der Waals surface area contributed by atoms with Gasteiger partial charge in [-0.3, -0.25) is 4.79 Å². The highest BCUT2D eigenvalue weighted by atomic mass is 16.5. The average Bonchev–Trinajstić information content (AvgIpc) is 2.65. The van der Waals surface area contributed by atoms with Gasteiger partial charge in [0, 0.05) is 37.3 Å². The van der Waals surface area contributed by atoms with E-state index >= 15 is 0 Å². The molecule has 0 saturated heterocycles. The number of nitrogens with one attached hydrogen (secondary N) is 2. The molecule has 2 aromatic rings. The Bertz CT molecular complexity index is 664. The molecule has 6 nitrogen and oxygen atoms in total. The zero-order valence-corrected chi connectivity index (χ0v) is 14.8. The lowest BCUT2D eigenvalue weighted by Crippen LogP contribution is -2.21. The third-order valence-corrected chi connectivity index (χ3v) is 3.65. The first-order valence-electron chi connectivity index (χ1n) is 8.02. The van der Waals surface area contributed by atoms with Crippen molar-refractivity contribution in [3.8, 4) is 17.2 Å². The fourth-order valence-corrected chi connectivity index (χ4v) is 2.41. The van der Waals surface area contributed by atoms with Gasteiger partial charge in [-0.05, 0) is 5.56 Å². The zero-order valence-electron chi connectivity index (χ0n) is 14.8. The van der Waals surface area contributed by atoms with E-state index in [9.17, 15) is 4.79 Å². The summed E-state index contributed by atoms with van der Waals surface area (Å²) in [5, 5.41) is 6.10. The molecule has 0 heterocycles. The van der Waals surface area contributed by atoms with Crippen molar-refractivity contribution in [2.75, 3.05) is 33.2 Å². The summed E-state index contributed by atoms with van der Waals surface area (Å²) in [6.07, 6.45) is 0.365. The van der Waals surface area contributed by atoms with E-state index in [1.807, 2.05) is 30.3 Å². The van der Waals surface area contributed by atoms with Crippen LogP contribution in [0.2, 0.25) is 0 Å². The van der Waals surface area contributed by atoms with Gasteiger partial charge in [-0.2, -0.15) is 0 Å². The van der Waals surface area contributed by atoms with Crippen LogP contribution in [0.25, 0.3) is 0 Å². The van der Waals surface area contributed by atoms with E-state index in [4.69, 9.17) is 14.2 Å². The molecule has 6 heteroatoms. The second-order valence-corrected chi connectivity index (χ2v) is 5.37. The number of anilines is 1. The van der Waals surface area contributed by atoms with Crippen molar-refractivity contribution in [2.45, 2.75) is 13.0 Å². The topological polar surface area (TPSA) is 68.8 Å². The van der Waals surface area contributed by atoms with Crippen LogP contribution in [0, 0.1) is 0 Å². The molecule has 25 heavy (non-hydrogen) atoms. The number of benzene rings is 2. The van der Waals surface area contributed by atoms with Crippen molar-refractivity contribution >= 4 is 11.6 Å². The molecule has 1 amide bonds. The van der Waals surface area contributed by atoms with Crippen LogP contribution in [0.4, 0.5) is 5.69 Å². The van der Waals surface area contributed by atoms with E-state index in [2.05, 4.69) is 10.6 Å². The molecule has 134 valence electrons. The van der Waals surface area contributed by atoms with Crippen LogP contribution in [0.1, 0.15) is 12.0 Å². The van der Waals surface area contributed by atoms with Gasteiger partial charge in [0.2, 0.25) is 11.7 Å². The lowest BCUT2D eigenvalue weighted by molar-refractivity contribution is -0.116. The normalized spacial score (nSPS) is 10.2. The average molecular weight is 344 g/mol. The summed E-state index contributed by atoms with van der Waals surface area (Å²) >= 11 is 0. The molecule has 0 bridgehead atoms. The number of hydrogen-bond donors (Lipinski definition) is 2. The molecule has 0 fully saturated rings. The van der Waals surface area contributed by atoms with Gasteiger partial charge in [-0.1, -0.05) is 30.3 Å². The molecule has 0 spiro atoms. The zero-order chi connectivity index (χ0) is 18.1. The number of hydrogen-bond acceptors (Lipinski definition) is 5. The highest BCUT2D eigenvalue weighted by molar-refractivity contribution is 5.91. The maximum absolute atomic E-state index is 12.1. The molecule has 0 saturated carbocycles. The molecule has 0 aliphatic heterocycles. The summed E-state index contributed by atoms with van der Waals surface area (Å²) in [7, 11) is 4.61. The van der Waals surface area contributed by atoms with Crippen molar-refractivity contribution in [2.24, 2.45) is 0 Å². The van der Waals surface area contributed by atoms with E-state index in [1.165, 1.54) is 26.9 Å². The molecule has 0 atom stereocenters. The highest BCUT2D eigenvalue weighted by Gasteiger charge is 2.14. The molecule has 0 aliphatic carbocycles. The maximum atomic E-state index is 12.1. The first kappa shape index (κ1) is 18.6. The summed E-state index contributed by atoms with van der Waals surface area (Å²) in [6.45, 7) is 1.32. The lowest BCUT2D eigenvalue weighted by Gasteiger charge is -2.14. The summed E-state index contributed by atoms with van der Waals surface area (Å²) in [5.74, 6) is 1.40. The van der Waals surface area contributed by atoms with Gasteiger partial charge in [-0.15, -0.1) is 0 Å². The minimum atomic E-state index is -0.0881. The first-order valence-corrected chi connectivity index (χ1v) is 8.02. The predicted molar refractivity (Wildman–Crippen MR) is 97.5 cm³/mol. The van der Waals surface area contributed by atoms with Gasteiger partial charge >= 0.3 is 0 Å². The Hall–Kier alpha value is -2.73. The van der Waals surface area contributed by atoms with Gasteiger partial charge in [0.25, 0.3) is 0 Å². The summed E-state index contributed by atoms with van der Waals surface area (Å²) < 4.78 is 15.8. The molecular weight excluding hydrogens is 320 g/mol. The molecule has 2 rings (SSSR count). The quantitative estimate of drug-likeness (QED) is 0.685. The third-order valence-electron chi connectivity index (χ3n) is 3.65. The largest absolute Gasteiger partial charge is 0.493 e. The van der Waals surface area contributed by atoms with E-state index in [-0.39, 0.29) is 5.91 Å². The second-order valence-electron chi connectivity index (χ2n) is 5.37. The van der Waals surface area contributed by atoms with Crippen molar-refractivity contribution in [3.63, 3.8) is 0 Å². The van der Waals surface area contributed by atoms with Crippen LogP contribution >= 0.6 is 0 Å². The number of carbonyl (C=O) groups excluding carboxylic acids is 1. The smallest absolute Gasteiger partial charge is 0.225 e. The Kier molecular flexibility index (Phi) is 7.10. The van der Waals surface area contributed by atoms with Crippen LogP contribution in [-0.2, 0) is 11.3 Å².